The average molecular weight is 373 g/mol. The summed E-state index contributed by atoms with van der Waals surface area (Å²) in [5.74, 6) is -0.406. The zero-order valence-electron chi connectivity index (χ0n) is 15.5. The second-order valence-corrected chi connectivity index (χ2v) is 8.08. The SMILES string of the molecule is O=C(NCc1cccnc1)[C@@H]1C[C@H]2OCC[C@H]2N(C(=O)CC2(O)CCC2)C1. The molecular weight excluding hydrogens is 346 g/mol. The van der Waals surface area contributed by atoms with Gasteiger partial charge in [-0.3, -0.25) is 14.6 Å². The lowest BCUT2D eigenvalue weighted by atomic mass is 9.77. The van der Waals surface area contributed by atoms with Gasteiger partial charge in [0, 0.05) is 32.1 Å². The van der Waals surface area contributed by atoms with Gasteiger partial charge in [0.1, 0.15) is 0 Å². The number of nitrogens with zero attached hydrogens (tertiary/aromatic N) is 2. The van der Waals surface area contributed by atoms with E-state index in [1.165, 1.54) is 0 Å². The van der Waals surface area contributed by atoms with E-state index < -0.39 is 5.60 Å². The Morgan fingerprint density at radius 3 is 2.96 bits per heavy atom. The Kier molecular flexibility index (Phi) is 5.14. The predicted octanol–water partition coefficient (Wildman–Crippen LogP) is 1.01. The van der Waals surface area contributed by atoms with Gasteiger partial charge in [-0.2, -0.15) is 0 Å². The zero-order chi connectivity index (χ0) is 18.9. The van der Waals surface area contributed by atoms with Gasteiger partial charge in [-0.05, 0) is 43.7 Å². The van der Waals surface area contributed by atoms with E-state index in [1.807, 2.05) is 12.1 Å². The van der Waals surface area contributed by atoms with E-state index in [4.69, 9.17) is 4.74 Å². The van der Waals surface area contributed by atoms with Gasteiger partial charge in [0.05, 0.1) is 30.1 Å². The van der Waals surface area contributed by atoms with Crippen LogP contribution < -0.4 is 5.32 Å². The van der Waals surface area contributed by atoms with Gasteiger partial charge in [0.25, 0.3) is 0 Å². The lowest BCUT2D eigenvalue weighted by molar-refractivity contribution is -0.149. The standard InChI is InChI=1S/C20H27N3O4/c24-18(10-20(26)5-2-6-20)23-13-15(9-17-16(23)4-8-27-17)19(25)22-12-14-3-1-7-21-11-14/h1,3,7,11,15-17,26H,2,4-6,8-10,12-13H2,(H,22,25)/t15-,16-,17-/m1/s1. The van der Waals surface area contributed by atoms with Crippen molar-refractivity contribution in [1.29, 1.82) is 0 Å². The molecule has 7 nitrogen and oxygen atoms in total. The topological polar surface area (TPSA) is 91.8 Å². The number of pyridine rings is 1. The van der Waals surface area contributed by atoms with Gasteiger partial charge in [-0.25, -0.2) is 0 Å². The van der Waals surface area contributed by atoms with Crippen molar-refractivity contribution in [2.45, 2.75) is 62.8 Å². The minimum Gasteiger partial charge on any atom is -0.389 e. The molecule has 1 aromatic heterocycles. The molecular formula is C20H27N3O4. The fraction of sp³-hybridized carbons (Fsp3) is 0.650. The van der Waals surface area contributed by atoms with Crippen molar-refractivity contribution >= 4 is 11.8 Å². The van der Waals surface area contributed by atoms with Crippen LogP contribution in [0.2, 0.25) is 0 Å². The summed E-state index contributed by atoms with van der Waals surface area (Å²) in [4.78, 5) is 31.4. The monoisotopic (exact) mass is 373 g/mol. The molecule has 0 bridgehead atoms. The maximum absolute atomic E-state index is 12.9. The van der Waals surface area contributed by atoms with Crippen molar-refractivity contribution < 1.29 is 19.4 Å². The third-order valence-corrected chi connectivity index (χ3v) is 6.15. The van der Waals surface area contributed by atoms with Crippen LogP contribution in [0.5, 0.6) is 0 Å². The Labute approximate surface area is 159 Å². The van der Waals surface area contributed by atoms with Crippen LogP contribution in [0.15, 0.2) is 24.5 Å². The number of carbonyl (C=O) groups excluding carboxylic acids is 2. The number of fused-ring (bicyclic) bond motifs is 1. The molecule has 0 radical (unpaired) electrons. The van der Waals surface area contributed by atoms with Crippen molar-refractivity contribution in [3.05, 3.63) is 30.1 Å². The first-order chi connectivity index (χ1) is 13.0. The smallest absolute Gasteiger partial charge is 0.225 e. The molecule has 146 valence electrons. The largest absolute Gasteiger partial charge is 0.389 e. The number of nitrogens with one attached hydrogen (secondary N) is 1. The number of likely N-dealkylation sites (tertiary alicyclic amines) is 1. The van der Waals surface area contributed by atoms with E-state index in [2.05, 4.69) is 10.3 Å². The summed E-state index contributed by atoms with van der Waals surface area (Å²) < 4.78 is 5.80. The molecule has 27 heavy (non-hydrogen) atoms. The summed E-state index contributed by atoms with van der Waals surface area (Å²) >= 11 is 0. The highest BCUT2D eigenvalue weighted by atomic mass is 16.5. The lowest BCUT2D eigenvalue weighted by Gasteiger charge is -2.43. The number of amides is 2. The number of piperidine rings is 1. The molecule has 0 spiro atoms. The van der Waals surface area contributed by atoms with E-state index in [-0.39, 0.29) is 36.3 Å². The molecule has 1 aromatic rings. The number of ether oxygens (including phenoxy) is 1. The van der Waals surface area contributed by atoms with Crippen LogP contribution in [-0.4, -0.2) is 57.7 Å². The number of aromatic nitrogens is 1. The molecule has 3 aliphatic rings. The van der Waals surface area contributed by atoms with E-state index >= 15 is 0 Å². The first-order valence-electron chi connectivity index (χ1n) is 9.84. The number of aliphatic hydroxyl groups is 1. The van der Waals surface area contributed by atoms with Crippen LogP contribution in [-0.2, 0) is 20.9 Å². The predicted molar refractivity (Wildman–Crippen MR) is 97.5 cm³/mol. The highest BCUT2D eigenvalue weighted by molar-refractivity contribution is 5.82. The van der Waals surface area contributed by atoms with Crippen LogP contribution in [0.3, 0.4) is 0 Å². The fourth-order valence-corrected chi connectivity index (χ4v) is 4.40. The van der Waals surface area contributed by atoms with Crippen molar-refractivity contribution in [3.8, 4) is 0 Å². The highest BCUT2D eigenvalue weighted by Gasteiger charge is 2.46. The maximum Gasteiger partial charge on any atom is 0.225 e. The van der Waals surface area contributed by atoms with Gasteiger partial charge in [0.2, 0.25) is 11.8 Å². The van der Waals surface area contributed by atoms with Gasteiger partial charge in [-0.15, -0.1) is 0 Å². The number of carbonyl (C=O) groups is 2. The van der Waals surface area contributed by atoms with Crippen LogP contribution in [0.25, 0.3) is 0 Å². The first-order valence-corrected chi connectivity index (χ1v) is 9.84. The molecule has 7 heteroatoms. The Balaban J connectivity index is 1.39. The quantitative estimate of drug-likeness (QED) is 0.804. The molecule has 2 amide bonds. The van der Waals surface area contributed by atoms with Crippen LogP contribution in [0.1, 0.15) is 44.1 Å². The van der Waals surface area contributed by atoms with Crippen LogP contribution in [0.4, 0.5) is 0 Å². The summed E-state index contributed by atoms with van der Waals surface area (Å²) in [6.45, 7) is 1.44. The number of hydrogen-bond acceptors (Lipinski definition) is 5. The zero-order valence-corrected chi connectivity index (χ0v) is 15.5. The third-order valence-electron chi connectivity index (χ3n) is 6.15. The van der Waals surface area contributed by atoms with Gasteiger partial charge in [0.15, 0.2) is 0 Å². The summed E-state index contributed by atoms with van der Waals surface area (Å²) in [5.41, 5.74) is 0.0958. The van der Waals surface area contributed by atoms with E-state index in [0.717, 1.165) is 18.4 Å². The number of hydrogen-bond donors (Lipinski definition) is 2. The molecule has 1 aliphatic carbocycles. The first kappa shape index (κ1) is 18.4. The molecule has 1 saturated carbocycles. The fourth-order valence-electron chi connectivity index (χ4n) is 4.40. The summed E-state index contributed by atoms with van der Waals surface area (Å²) in [6.07, 6.45) is 7.27. The third kappa shape index (κ3) is 3.99. The molecule has 0 aromatic carbocycles. The molecule has 2 N–H and O–H groups in total. The summed E-state index contributed by atoms with van der Waals surface area (Å²) in [5, 5.41) is 13.3. The lowest BCUT2D eigenvalue weighted by Crippen LogP contribution is -2.56. The molecule has 3 atom stereocenters. The normalized spacial score (nSPS) is 28.9. The van der Waals surface area contributed by atoms with Crippen LogP contribution >= 0.6 is 0 Å². The Morgan fingerprint density at radius 2 is 2.26 bits per heavy atom. The van der Waals surface area contributed by atoms with Crippen molar-refractivity contribution in [1.82, 2.24) is 15.2 Å². The average Bonchev–Trinajstić information content (AvgIpc) is 3.13. The van der Waals surface area contributed by atoms with E-state index in [1.54, 1.807) is 17.3 Å². The van der Waals surface area contributed by atoms with E-state index in [9.17, 15) is 14.7 Å². The molecule has 3 fully saturated rings. The van der Waals surface area contributed by atoms with Crippen LogP contribution in [0, 0.1) is 5.92 Å². The number of rotatable bonds is 5. The van der Waals surface area contributed by atoms with Crippen molar-refractivity contribution in [2.24, 2.45) is 5.92 Å². The Bertz CT molecular complexity index is 692. The molecule has 2 aliphatic heterocycles. The second-order valence-electron chi connectivity index (χ2n) is 8.08. The molecule has 0 unspecified atom stereocenters. The Morgan fingerprint density at radius 1 is 1.41 bits per heavy atom. The maximum atomic E-state index is 12.9. The van der Waals surface area contributed by atoms with E-state index in [0.29, 0.717) is 39.0 Å². The summed E-state index contributed by atoms with van der Waals surface area (Å²) in [7, 11) is 0. The van der Waals surface area contributed by atoms with Crippen molar-refractivity contribution in [2.75, 3.05) is 13.2 Å². The minimum absolute atomic E-state index is 0.0311. The summed E-state index contributed by atoms with van der Waals surface area (Å²) in [6, 6.07) is 3.79. The molecule has 3 heterocycles. The molecule has 2 saturated heterocycles. The van der Waals surface area contributed by atoms with Gasteiger partial charge in [-0.1, -0.05) is 6.07 Å². The van der Waals surface area contributed by atoms with Crippen molar-refractivity contribution in [3.63, 3.8) is 0 Å². The minimum atomic E-state index is -0.846. The Hall–Kier alpha value is -1.99. The molecule has 4 rings (SSSR count). The van der Waals surface area contributed by atoms with Gasteiger partial charge < -0.3 is 20.1 Å². The van der Waals surface area contributed by atoms with Gasteiger partial charge >= 0.3 is 0 Å². The second kappa shape index (κ2) is 7.56. The highest BCUT2D eigenvalue weighted by Crippen LogP contribution is 2.37.